The fraction of sp³-hybridized carbons (Fsp3) is 0.125. The van der Waals surface area contributed by atoms with E-state index in [-0.39, 0.29) is 0 Å². The summed E-state index contributed by atoms with van der Waals surface area (Å²) in [6.45, 7) is 0.492. The summed E-state index contributed by atoms with van der Waals surface area (Å²) >= 11 is 16.4. The Bertz CT molecular complexity index is 1330. The number of thioether (sulfide) groups is 2. The van der Waals surface area contributed by atoms with E-state index in [9.17, 15) is 0 Å². The normalized spacial score (nSPS) is 13.2. The van der Waals surface area contributed by atoms with E-state index in [0.717, 1.165) is 50.7 Å². The molecule has 0 radical (unpaired) electrons. The molecule has 0 spiro atoms. The number of benzene rings is 4. The predicted molar refractivity (Wildman–Crippen MR) is 163 cm³/mol. The molecular formula is C32H26Cl2OS2. The van der Waals surface area contributed by atoms with Crippen molar-refractivity contribution in [3.63, 3.8) is 0 Å². The molecule has 0 aliphatic carbocycles. The lowest BCUT2D eigenvalue weighted by molar-refractivity contribution is 0.215. The van der Waals surface area contributed by atoms with Crippen LogP contribution in [0.5, 0.6) is 0 Å². The maximum Gasteiger partial charge on any atom is 0.148 e. The summed E-state index contributed by atoms with van der Waals surface area (Å²) in [5.41, 5.74) is 6.53. The minimum atomic E-state index is 0.492. The molecule has 0 N–H and O–H groups in total. The topological polar surface area (TPSA) is 9.23 Å². The fourth-order valence-corrected chi connectivity index (χ4v) is 7.01. The minimum absolute atomic E-state index is 0.492. The van der Waals surface area contributed by atoms with Crippen LogP contribution in [0.3, 0.4) is 0 Å². The Morgan fingerprint density at radius 2 is 1.14 bits per heavy atom. The number of hydrogen-bond acceptors (Lipinski definition) is 3. The number of halogens is 2. The molecular weight excluding hydrogens is 535 g/mol. The van der Waals surface area contributed by atoms with Crippen LogP contribution in [0.2, 0.25) is 10.0 Å². The van der Waals surface area contributed by atoms with Crippen LogP contribution in [0.1, 0.15) is 28.7 Å². The first kappa shape index (κ1) is 26.1. The van der Waals surface area contributed by atoms with E-state index in [4.69, 9.17) is 27.9 Å². The van der Waals surface area contributed by atoms with Gasteiger partial charge in [-0.1, -0.05) is 108 Å². The Morgan fingerprint density at radius 1 is 0.622 bits per heavy atom. The number of ether oxygens (including phenoxy) is 1. The fourth-order valence-electron chi connectivity index (χ4n) is 4.21. The van der Waals surface area contributed by atoms with Gasteiger partial charge in [0.25, 0.3) is 0 Å². The van der Waals surface area contributed by atoms with Crippen LogP contribution in [0.15, 0.2) is 119 Å². The van der Waals surface area contributed by atoms with Crippen molar-refractivity contribution in [1.29, 1.82) is 0 Å². The number of rotatable bonds is 7. The molecule has 5 heteroatoms. The second-order valence-electron chi connectivity index (χ2n) is 8.57. The third kappa shape index (κ3) is 6.66. The Kier molecular flexibility index (Phi) is 9.01. The first-order valence-corrected chi connectivity index (χ1v) is 14.9. The molecule has 0 unspecified atom stereocenters. The van der Waals surface area contributed by atoms with Crippen molar-refractivity contribution in [2.24, 2.45) is 0 Å². The highest BCUT2D eigenvalue weighted by Crippen LogP contribution is 2.46. The molecule has 1 aliphatic rings. The van der Waals surface area contributed by atoms with Gasteiger partial charge in [0.15, 0.2) is 0 Å². The average molecular weight is 562 g/mol. The largest absolute Gasteiger partial charge is 0.487 e. The SMILES string of the molecule is Clc1ccc(C(=C(C(OCc2ccccc2)=C2SCCCS2)c2ccccc2)c2ccc(Cl)cc2)cc1. The van der Waals surface area contributed by atoms with Gasteiger partial charge in [-0.25, -0.2) is 0 Å². The van der Waals surface area contributed by atoms with Crippen molar-refractivity contribution in [2.45, 2.75) is 13.0 Å². The molecule has 186 valence electrons. The van der Waals surface area contributed by atoms with Gasteiger partial charge >= 0.3 is 0 Å². The molecule has 0 saturated carbocycles. The van der Waals surface area contributed by atoms with Gasteiger partial charge in [-0.05, 0) is 64.4 Å². The molecule has 1 saturated heterocycles. The zero-order valence-corrected chi connectivity index (χ0v) is 23.3. The van der Waals surface area contributed by atoms with Gasteiger partial charge < -0.3 is 4.74 Å². The monoisotopic (exact) mass is 560 g/mol. The van der Waals surface area contributed by atoms with Crippen LogP contribution in [-0.4, -0.2) is 11.5 Å². The second kappa shape index (κ2) is 12.8. The predicted octanol–water partition coefficient (Wildman–Crippen LogP) is 10.2. The van der Waals surface area contributed by atoms with Crippen LogP contribution in [0.4, 0.5) is 0 Å². The van der Waals surface area contributed by atoms with E-state index in [1.54, 1.807) is 0 Å². The van der Waals surface area contributed by atoms with E-state index in [1.807, 2.05) is 59.9 Å². The van der Waals surface area contributed by atoms with Crippen molar-refractivity contribution in [2.75, 3.05) is 11.5 Å². The van der Waals surface area contributed by atoms with E-state index in [0.29, 0.717) is 16.7 Å². The van der Waals surface area contributed by atoms with Crippen LogP contribution in [0.25, 0.3) is 11.1 Å². The molecule has 0 bridgehead atoms. The van der Waals surface area contributed by atoms with Crippen LogP contribution in [-0.2, 0) is 11.3 Å². The third-order valence-corrected chi connectivity index (χ3v) is 9.06. The first-order valence-electron chi connectivity index (χ1n) is 12.2. The van der Waals surface area contributed by atoms with Gasteiger partial charge in [-0.3, -0.25) is 0 Å². The highest BCUT2D eigenvalue weighted by Gasteiger charge is 2.24. The zero-order chi connectivity index (χ0) is 25.5. The molecule has 37 heavy (non-hydrogen) atoms. The van der Waals surface area contributed by atoms with Crippen LogP contribution in [0, 0.1) is 0 Å². The van der Waals surface area contributed by atoms with Crippen LogP contribution >= 0.6 is 46.7 Å². The molecule has 1 heterocycles. The molecule has 5 rings (SSSR count). The summed E-state index contributed by atoms with van der Waals surface area (Å²) in [6, 6.07) is 37.0. The lowest BCUT2D eigenvalue weighted by atomic mass is 9.88. The standard InChI is InChI=1S/C32H26Cl2OS2/c33-27-16-12-25(13-17-27)29(26-14-18-28(34)19-15-26)30(24-10-5-2-6-11-24)31(32-36-20-7-21-37-32)35-22-23-8-3-1-4-9-23/h1-6,8-19H,7,20-22H2. The minimum Gasteiger partial charge on any atom is -0.487 e. The molecule has 0 amide bonds. The maximum absolute atomic E-state index is 6.78. The molecule has 1 aliphatic heterocycles. The summed E-state index contributed by atoms with van der Waals surface area (Å²) in [6.07, 6.45) is 1.19. The van der Waals surface area contributed by atoms with E-state index in [2.05, 4.69) is 72.8 Å². The Labute approximate surface area is 237 Å². The Hall–Kier alpha value is -2.56. The smallest absolute Gasteiger partial charge is 0.148 e. The Morgan fingerprint density at radius 3 is 1.68 bits per heavy atom. The van der Waals surface area contributed by atoms with E-state index < -0.39 is 0 Å². The molecule has 0 atom stereocenters. The summed E-state index contributed by atoms with van der Waals surface area (Å²) < 4.78 is 8.01. The van der Waals surface area contributed by atoms with Crippen LogP contribution < -0.4 is 0 Å². The average Bonchev–Trinajstić information content (AvgIpc) is 2.96. The van der Waals surface area contributed by atoms with Gasteiger partial charge in [-0.15, -0.1) is 23.5 Å². The molecule has 0 aromatic heterocycles. The van der Waals surface area contributed by atoms with Gasteiger partial charge in [0.1, 0.15) is 12.4 Å². The highest BCUT2D eigenvalue weighted by molar-refractivity contribution is 8.22. The van der Waals surface area contributed by atoms with E-state index >= 15 is 0 Å². The Balaban J connectivity index is 1.78. The number of hydrogen-bond donors (Lipinski definition) is 0. The number of allylic oxidation sites excluding steroid dienone is 1. The zero-order valence-electron chi connectivity index (χ0n) is 20.2. The summed E-state index contributed by atoms with van der Waals surface area (Å²) in [7, 11) is 0. The van der Waals surface area contributed by atoms with Gasteiger partial charge in [-0.2, -0.15) is 0 Å². The van der Waals surface area contributed by atoms with Crippen molar-refractivity contribution < 1.29 is 4.74 Å². The van der Waals surface area contributed by atoms with Crippen molar-refractivity contribution in [1.82, 2.24) is 0 Å². The first-order chi connectivity index (χ1) is 18.2. The van der Waals surface area contributed by atoms with Gasteiger partial charge in [0.2, 0.25) is 0 Å². The summed E-state index contributed by atoms with van der Waals surface area (Å²) in [5, 5.41) is 1.41. The quantitative estimate of drug-likeness (QED) is 0.164. The summed E-state index contributed by atoms with van der Waals surface area (Å²) in [5.74, 6) is 3.09. The van der Waals surface area contributed by atoms with Crippen molar-refractivity contribution >= 4 is 57.9 Å². The second-order valence-corrected chi connectivity index (χ2v) is 11.9. The molecule has 4 aromatic carbocycles. The van der Waals surface area contributed by atoms with Gasteiger partial charge in [0, 0.05) is 21.2 Å². The lowest BCUT2D eigenvalue weighted by Crippen LogP contribution is -2.06. The lowest BCUT2D eigenvalue weighted by Gasteiger charge is -2.24. The molecule has 4 aromatic rings. The summed E-state index contributed by atoms with van der Waals surface area (Å²) in [4.78, 5) is 0. The van der Waals surface area contributed by atoms with Gasteiger partial charge in [0.05, 0.1) is 4.24 Å². The van der Waals surface area contributed by atoms with Crippen molar-refractivity contribution in [3.05, 3.63) is 151 Å². The highest BCUT2D eigenvalue weighted by atomic mass is 35.5. The molecule has 1 nitrogen and oxygen atoms in total. The van der Waals surface area contributed by atoms with E-state index in [1.165, 1.54) is 10.7 Å². The van der Waals surface area contributed by atoms with Crippen molar-refractivity contribution in [3.8, 4) is 0 Å². The third-order valence-electron chi connectivity index (χ3n) is 5.97. The maximum atomic E-state index is 6.78. The molecule has 1 fully saturated rings.